The van der Waals surface area contributed by atoms with Crippen molar-refractivity contribution in [3.8, 4) is 12.1 Å². The van der Waals surface area contributed by atoms with Crippen LogP contribution in [0, 0.1) is 46.3 Å². The third-order valence-electron chi connectivity index (χ3n) is 15.0. The molecule has 8 atom stereocenters. The highest BCUT2D eigenvalue weighted by atomic mass is 79.9. The van der Waals surface area contributed by atoms with Gasteiger partial charge < -0.3 is 38.5 Å². The van der Waals surface area contributed by atoms with Gasteiger partial charge in [-0.1, -0.05) is 104 Å². The number of aromatic nitrogens is 4. The van der Waals surface area contributed by atoms with Gasteiger partial charge in [0.1, 0.15) is 36.3 Å². The monoisotopic (exact) mass is 1330 g/mol. The number of halogens is 2. The Morgan fingerprint density at radius 2 is 0.759 bits per heavy atom. The van der Waals surface area contributed by atoms with Crippen molar-refractivity contribution in [2.75, 3.05) is 28.2 Å². The first-order valence-corrected chi connectivity index (χ1v) is 30.8. The molecule has 1 aliphatic rings. The lowest BCUT2D eigenvalue weighted by molar-refractivity contribution is -0.176. The van der Waals surface area contributed by atoms with Crippen LogP contribution in [0.25, 0.3) is 0 Å². The largest absolute Gasteiger partial charge is 0.451 e. The number of likely N-dealkylation sites (N-methyl/N-ethyl adjacent to an activating group) is 4. The van der Waals surface area contributed by atoms with Gasteiger partial charge in [0.25, 0.3) is 23.6 Å². The summed E-state index contributed by atoms with van der Waals surface area (Å²) in [5, 5.41) is 27.4. The number of benzene rings is 2. The Kier molecular flexibility index (Phi) is 25.9. The van der Waals surface area contributed by atoms with E-state index >= 15 is 9.59 Å². The zero-order valence-electron chi connectivity index (χ0n) is 52.2. The zero-order valence-corrected chi connectivity index (χ0v) is 55.4. The van der Waals surface area contributed by atoms with E-state index in [1.165, 1.54) is 42.0 Å². The van der Waals surface area contributed by atoms with Crippen LogP contribution in [0.15, 0.2) is 69.9 Å². The van der Waals surface area contributed by atoms with Gasteiger partial charge >= 0.3 is 23.9 Å². The standard InChI is InChI=1S/C63H82Br2N10O12/c1-36(2)15-24-50-60(80)86-54(28-42-16-20-44(21-17-42)32-74-34-46(64)48(30-66)68-74)58(78)72(13)52(26-38(5)6)62(82)85-41(10)57(77)71(12)53(27-39(7)8)63(83)87-55(29-43-18-22-45(23-19-43)33-75-35-47(65)49(31-67)69-75)59(79)73(14)51(25-37(3)4)61(81)84-40(9)56(76)70(50)11/h16-23,34-41,50-55H,15,24-29,32-33H2,1-14H3/t40-,41-,50+,51+,52+,53+,54-,55-/m1/s1. The lowest BCUT2D eigenvalue weighted by Crippen LogP contribution is -2.54. The zero-order chi connectivity index (χ0) is 64.7. The van der Waals surface area contributed by atoms with Gasteiger partial charge in [-0.2, -0.15) is 20.7 Å². The third kappa shape index (κ3) is 19.5. The molecule has 470 valence electrons. The Morgan fingerprint density at radius 1 is 0.460 bits per heavy atom. The summed E-state index contributed by atoms with van der Waals surface area (Å²) in [5.41, 5.74) is 3.14. The molecule has 2 aromatic carbocycles. The van der Waals surface area contributed by atoms with Gasteiger partial charge in [0.15, 0.2) is 35.8 Å². The number of cyclic esters (lactones) is 4. The Hall–Kier alpha value is -7.44. The molecule has 2 aromatic heterocycles. The number of hydrogen-bond donors (Lipinski definition) is 0. The smallest absolute Gasteiger partial charge is 0.329 e. The fourth-order valence-corrected chi connectivity index (χ4v) is 10.9. The summed E-state index contributed by atoms with van der Waals surface area (Å²) in [4.78, 5) is 123. The molecule has 1 aliphatic heterocycles. The van der Waals surface area contributed by atoms with Crippen molar-refractivity contribution in [1.82, 2.24) is 39.2 Å². The van der Waals surface area contributed by atoms with Crippen molar-refractivity contribution in [2.45, 2.75) is 176 Å². The number of amides is 4. The van der Waals surface area contributed by atoms with Crippen LogP contribution in [0.3, 0.4) is 0 Å². The topological polar surface area (TPSA) is 270 Å². The second-order valence-corrected chi connectivity index (χ2v) is 25.7. The number of carbonyl (C=O) groups is 8. The Labute approximate surface area is 527 Å². The van der Waals surface area contributed by atoms with Crippen LogP contribution in [0.4, 0.5) is 0 Å². The minimum absolute atomic E-state index is 0.0382. The molecule has 3 heterocycles. The summed E-state index contributed by atoms with van der Waals surface area (Å²) in [6.07, 6.45) is -2.60. The number of esters is 4. The van der Waals surface area contributed by atoms with Gasteiger partial charge in [0.2, 0.25) is 0 Å². The van der Waals surface area contributed by atoms with E-state index in [-0.39, 0.29) is 73.6 Å². The Bertz CT molecular complexity index is 3160. The molecule has 4 amide bonds. The SMILES string of the molecule is CC(C)CC[C@H]1C(=O)O[C@H](Cc2ccc(Cn3cc(Br)c(C#N)n3)cc2)C(=O)N(C)[C@@H](CC(C)C)C(=O)O[C@H](C)C(=O)N(C)[C@@H](CC(C)C)C(=O)O[C@H](Cc2ccc(Cn3cc(Br)c(C#N)n3)cc2)C(=O)N(C)[C@@H](CC(C)C)C(=O)O[C@H](C)C(=O)N1C. The Balaban J connectivity index is 1.59. The van der Waals surface area contributed by atoms with E-state index in [2.05, 4.69) is 42.1 Å². The van der Waals surface area contributed by atoms with Crippen molar-refractivity contribution in [3.63, 3.8) is 0 Å². The maximum Gasteiger partial charge on any atom is 0.329 e. The summed E-state index contributed by atoms with van der Waals surface area (Å²) in [5.74, 6) is -7.57. The number of rotatable bonds is 17. The highest BCUT2D eigenvalue weighted by molar-refractivity contribution is 9.10. The predicted octanol–water partition coefficient (Wildman–Crippen LogP) is 7.81. The number of nitrogens with zero attached hydrogens (tertiary/aromatic N) is 10. The number of hydrogen-bond acceptors (Lipinski definition) is 16. The fourth-order valence-electron chi connectivity index (χ4n) is 10.1. The molecule has 24 heteroatoms. The summed E-state index contributed by atoms with van der Waals surface area (Å²) in [6, 6.07) is 12.9. The van der Waals surface area contributed by atoms with E-state index in [9.17, 15) is 39.3 Å². The van der Waals surface area contributed by atoms with Crippen LogP contribution in [-0.2, 0) is 83.2 Å². The summed E-state index contributed by atoms with van der Waals surface area (Å²) >= 11 is 6.69. The lowest BCUT2D eigenvalue weighted by atomic mass is 9.99. The molecule has 87 heavy (non-hydrogen) atoms. The number of ether oxygens (including phenoxy) is 4. The van der Waals surface area contributed by atoms with Crippen LogP contribution in [0.5, 0.6) is 0 Å². The molecule has 0 N–H and O–H groups in total. The van der Waals surface area contributed by atoms with Gasteiger partial charge in [0.05, 0.1) is 22.0 Å². The molecule has 0 saturated carbocycles. The first kappa shape index (κ1) is 70.3. The van der Waals surface area contributed by atoms with E-state index in [0.29, 0.717) is 39.6 Å². The summed E-state index contributed by atoms with van der Waals surface area (Å²) in [6.45, 7) is 18.2. The van der Waals surface area contributed by atoms with Crippen LogP contribution >= 0.6 is 31.9 Å². The van der Waals surface area contributed by atoms with Crippen molar-refractivity contribution < 1.29 is 57.3 Å². The minimum Gasteiger partial charge on any atom is -0.451 e. The molecule has 4 aromatic rings. The maximum absolute atomic E-state index is 15.1. The molecule has 1 fully saturated rings. The fraction of sp³-hybridized carbons (Fsp3) is 0.556. The van der Waals surface area contributed by atoms with Crippen molar-refractivity contribution in [1.29, 1.82) is 10.5 Å². The Morgan fingerprint density at radius 3 is 1.07 bits per heavy atom. The van der Waals surface area contributed by atoms with Crippen molar-refractivity contribution in [3.05, 3.63) is 104 Å². The van der Waals surface area contributed by atoms with Crippen molar-refractivity contribution >= 4 is 79.4 Å². The second-order valence-electron chi connectivity index (χ2n) is 24.0. The van der Waals surface area contributed by atoms with Crippen LogP contribution < -0.4 is 0 Å². The first-order chi connectivity index (χ1) is 40.9. The summed E-state index contributed by atoms with van der Waals surface area (Å²) < 4.78 is 28.5. The molecule has 0 radical (unpaired) electrons. The van der Waals surface area contributed by atoms with Crippen LogP contribution in [-0.4, -0.2) is 163 Å². The molecular weight excluding hydrogens is 1250 g/mol. The van der Waals surface area contributed by atoms with Gasteiger partial charge in [-0.25, -0.2) is 19.2 Å². The van der Waals surface area contributed by atoms with E-state index in [0.717, 1.165) is 30.7 Å². The first-order valence-electron chi connectivity index (χ1n) is 29.2. The maximum atomic E-state index is 15.1. The van der Waals surface area contributed by atoms with Gasteiger partial charge in [-0.05, 0) is 124 Å². The molecule has 5 rings (SSSR count). The molecule has 0 aliphatic carbocycles. The van der Waals surface area contributed by atoms with E-state index in [1.54, 1.807) is 70.3 Å². The van der Waals surface area contributed by atoms with Gasteiger partial charge in [-0.15, -0.1) is 0 Å². The molecule has 0 bridgehead atoms. The average molecular weight is 1330 g/mol. The molecule has 1 saturated heterocycles. The third-order valence-corrected chi connectivity index (χ3v) is 16.2. The van der Waals surface area contributed by atoms with Crippen LogP contribution in [0.2, 0.25) is 0 Å². The minimum atomic E-state index is -1.59. The average Bonchev–Trinajstić information content (AvgIpc) is 3.22. The molecule has 0 unspecified atom stereocenters. The van der Waals surface area contributed by atoms with Crippen LogP contribution in [0.1, 0.15) is 135 Å². The second kappa shape index (κ2) is 32.0. The lowest BCUT2D eigenvalue weighted by Gasteiger charge is -2.35. The molecular formula is C63H82Br2N10O12. The molecule has 22 nitrogen and oxygen atoms in total. The summed E-state index contributed by atoms with van der Waals surface area (Å²) in [7, 11) is 5.48. The van der Waals surface area contributed by atoms with Gasteiger partial charge in [-0.3, -0.25) is 28.5 Å². The van der Waals surface area contributed by atoms with E-state index < -0.39 is 96.1 Å². The van der Waals surface area contributed by atoms with Gasteiger partial charge in [0, 0.05) is 53.4 Å². The predicted molar refractivity (Wildman–Crippen MR) is 327 cm³/mol. The quantitative estimate of drug-likeness (QED) is 0.0720. The van der Waals surface area contributed by atoms with E-state index in [1.807, 2.05) is 67.5 Å². The highest BCUT2D eigenvalue weighted by Crippen LogP contribution is 2.26. The van der Waals surface area contributed by atoms with Crippen molar-refractivity contribution in [2.24, 2.45) is 23.7 Å². The normalized spacial score (nSPS) is 22.1. The number of carbonyl (C=O) groups excluding carboxylic acids is 8. The number of nitriles is 2. The molecule has 0 spiro atoms. The highest BCUT2D eigenvalue weighted by Gasteiger charge is 2.43. The van der Waals surface area contributed by atoms with E-state index in [4.69, 9.17) is 18.9 Å².